The molecule has 118 valence electrons. The van der Waals surface area contributed by atoms with Crippen LogP contribution in [-0.2, 0) is 10.0 Å². The molecule has 0 saturated heterocycles. The van der Waals surface area contributed by atoms with Crippen molar-refractivity contribution in [1.82, 2.24) is 0 Å². The molecule has 22 heavy (non-hydrogen) atoms. The number of benzene rings is 2. The molecule has 8 heteroatoms. The summed E-state index contributed by atoms with van der Waals surface area (Å²) in [5, 5.41) is 0. The number of para-hydroxylation sites is 1. The molecule has 0 aromatic heterocycles. The van der Waals surface area contributed by atoms with Gasteiger partial charge in [-0.2, -0.15) is 0 Å². The standard InChI is InChI=1S/C14H12Cl3NO2S2/c15-11-14(16,17)21-18(12-7-3-1-4-8-12)22(19,20)13-9-5-2-6-10-13/h1-10H,11H2. The summed E-state index contributed by atoms with van der Waals surface area (Å²) in [7, 11) is -3.83. The van der Waals surface area contributed by atoms with Crippen LogP contribution in [0.2, 0.25) is 0 Å². The number of rotatable bonds is 6. The van der Waals surface area contributed by atoms with Crippen molar-refractivity contribution in [3.8, 4) is 0 Å². The Kier molecular flexibility index (Phi) is 5.91. The Bertz CT molecular complexity index is 709. The number of hydrogen-bond acceptors (Lipinski definition) is 3. The lowest BCUT2D eigenvalue weighted by molar-refractivity contribution is 0.598. The molecule has 2 aromatic rings. The molecule has 0 atom stereocenters. The third-order valence-electron chi connectivity index (χ3n) is 2.60. The van der Waals surface area contributed by atoms with Crippen molar-refractivity contribution in [3.63, 3.8) is 0 Å². The molecule has 3 nitrogen and oxygen atoms in total. The Hall–Kier alpha value is -0.590. The van der Waals surface area contributed by atoms with Crippen LogP contribution in [0.3, 0.4) is 0 Å². The third-order valence-corrected chi connectivity index (χ3v) is 7.23. The van der Waals surface area contributed by atoms with Crippen LogP contribution in [0, 0.1) is 0 Å². The monoisotopic (exact) mass is 395 g/mol. The molecule has 0 unspecified atom stereocenters. The van der Waals surface area contributed by atoms with Gasteiger partial charge in [-0.15, -0.1) is 11.6 Å². The van der Waals surface area contributed by atoms with Crippen molar-refractivity contribution >= 4 is 62.5 Å². The van der Waals surface area contributed by atoms with Crippen molar-refractivity contribution < 1.29 is 8.42 Å². The van der Waals surface area contributed by atoms with Gasteiger partial charge < -0.3 is 0 Å². The first kappa shape index (κ1) is 17.8. The van der Waals surface area contributed by atoms with Crippen molar-refractivity contribution in [1.29, 1.82) is 0 Å². The van der Waals surface area contributed by atoms with Gasteiger partial charge in [0.05, 0.1) is 16.5 Å². The molecular weight excluding hydrogens is 385 g/mol. The average molecular weight is 397 g/mol. The van der Waals surface area contributed by atoms with Crippen LogP contribution in [0.15, 0.2) is 65.6 Å². The van der Waals surface area contributed by atoms with E-state index in [4.69, 9.17) is 34.8 Å². The van der Waals surface area contributed by atoms with Gasteiger partial charge in [0.25, 0.3) is 10.0 Å². The number of alkyl halides is 3. The number of anilines is 1. The minimum atomic E-state index is -3.83. The molecule has 0 fully saturated rings. The van der Waals surface area contributed by atoms with E-state index in [1.807, 2.05) is 0 Å². The van der Waals surface area contributed by atoms with Gasteiger partial charge in [0.1, 0.15) is 0 Å². The lowest BCUT2D eigenvalue weighted by Crippen LogP contribution is -2.29. The van der Waals surface area contributed by atoms with E-state index in [2.05, 4.69) is 0 Å². The zero-order valence-electron chi connectivity index (χ0n) is 11.2. The van der Waals surface area contributed by atoms with Crippen LogP contribution in [0.4, 0.5) is 5.69 Å². The second kappa shape index (κ2) is 7.32. The summed E-state index contributed by atoms with van der Waals surface area (Å²) in [4.78, 5) is 0.144. The molecule has 0 radical (unpaired) electrons. The molecule has 0 bridgehead atoms. The quantitative estimate of drug-likeness (QED) is 0.515. The predicted octanol–water partition coefficient (Wildman–Crippen LogP) is 4.90. The Balaban J connectivity index is 2.49. The summed E-state index contributed by atoms with van der Waals surface area (Å²) < 4.78 is 25.4. The zero-order valence-corrected chi connectivity index (χ0v) is 15.1. The molecule has 0 spiro atoms. The third kappa shape index (κ3) is 4.24. The number of halogens is 3. The molecule has 0 saturated carbocycles. The van der Waals surface area contributed by atoms with E-state index in [0.29, 0.717) is 5.69 Å². The lowest BCUT2D eigenvalue weighted by Gasteiger charge is -2.27. The molecule has 0 aliphatic heterocycles. The van der Waals surface area contributed by atoms with E-state index < -0.39 is 13.7 Å². The molecule has 0 aliphatic carbocycles. The highest BCUT2D eigenvalue weighted by atomic mass is 35.5. The van der Waals surface area contributed by atoms with Gasteiger partial charge in [-0.3, -0.25) is 0 Å². The summed E-state index contributed by atoms with van der Waals surface area (Å²) in [5.41, 5.74) is 0.437. The summed E-state index contributed by atoms with van der Waals surface area (Å²) in [6.45, 7) is 0. The summed E-state index contributed by atoms with van der Waals surface area (Å²) in [5.74, 6) is -0.131. The first-order valence-corrected chi connectivity index (χ1v) is 9.65. The van der Waals surface area contributed by atoms with Crippen LogP contribution in [0.1, 0.15) is 0 Å². The van der Waals surface area contributed by atoms with E-state index in [-0.39, 0.29) is 10.8 Å². The highest BCUT2D eigenvalue weighted by molar-refractivity contribution is 8.16. The number of nitrogens with zero attached hydrogens (tertiary/aromatic N) is 1. The average Bonchev–Trinajstić information content (AvgIpc) is 2.54. The highest BCUT2D eigenvalue weighted by Crippen LogP contribution is 2.43. The van der Waals surface area contributed by atoms with Gasteiger partial charge in [-0.05, 0) is 24.3 Å². The Labute approximate surface area is 149 Å². The van der Waals surface area contributed by atoms with Gasteiger partial charge in [0.2, 0.25) is 0 Å². The van der Waals surface area contributed by atoms with E-state index in [9.17, 15) is 8.42 Å². The van der Waals surface area contributed by atoms with E-state index in [1.165, 1.54) is 12.1 Å². The Morgan fingerprint density at radius 2 is 1.45 bits per heavy atom. The van der Waals surface area contributed by atoms with E-state index >= 15 is 0 Å². The fraction of sp³-hybridized carbons (Fsp3) is 0.143. The fourth-order valence-electron chi connectivity index (χ4n) is 1.62. The molecule has 2 rings (SSSR count). The lowest BCUT2D eigenvalue weighted by atomic mass is 10.3. The van der Waals surface area contributed by atoms with E-state index in [0.717, 1.165) is 15.7 Å². The molecule has 0 heterocycles. The van der Waals surface area contributed by atoms with Gasteiger partial charge in [-0.1, -0.05) is 59.6 Å². The predicted molar refractivity (Wildman–Crippen MR) is 95.3 cm³/mol. The maximum Gasteiger partial charge on any atom is 0.273 e. The SMILES string of the molecule is O=S(=O)(c1ccccc1)N(SC(Cl)(Cl)CCl)c1ccccc1. The highest BCUT2D eigenvalue weighted by Gasteiger charge is 2.35. The van der Waals surface area contributed by atoms with Crippen LogP contribution >= 0.6 is 46.8 Å². The Morgan fingerprint density at radius 1 is 0.955 bits per heavy atom. The van der Waals surface area contributed by atoms with Crippen molar-refractivity contribution in [2.75, 3.05) is 9.59 Å². The van der Waals surface area contributed by atoms with Crippen LogP contribution in [-0.4, -0.2) is 18.0 Å². The first-order chi connectivity index (χ1) is 10.4. The van der Waals surface area contributed by atoms with Crippen LogP contribution < -0.4 is 3.71 Å². The summed E-state index contributed by atoms with van der Waals surface area (Å²) in [6, 6.07) is 16.6. The maximum absolute atomic E-state index is 12.9. The molecule has 0 amide bonds. The second-order valence-electron chi connectivity index (χ2n) is 4.24. The minimum absolute atomic E-state index is 0.131. The van der Waals surface area contributed by atoms with Crippen molar-refractivity contribution in [3.05, 3.63) is 60.7 Å². The van der Waals surface area contributed by atoms with Crippen molar-refractivity contribution in [2.24, 2.45) is 0 Å². The number of hydrogen-bond donors (Lipinski definition) is 0. The topological polar surface area (TPSA) is 37.4 Å². The molecule has 2 aromatic carbocycles. The van der Waals surface area contributed by atoms with Gasteiger partial charge in [0, 0.05) is 11.9 Å². The Morgan fingerprint density at radius 3 is 1.95 bits per heavy atom. The minimum Gasteiger partial charge on any atom is -0.205 e. The van der Waals surface area contributed by atoms with Gasteiger partial charge >= 0.3 is 0 Å². The molecular formula is C14H12Cl3NO2S2. The second-order valence-corrected chi connectivity index (χ2v) is 9.70. The fourth-order valence-corrected chi connectivity index (χ4v) is 5.07. The maximum atomic E-state index is 12.9. The van der Waals surface area contributed by atoms with Crippen molar-refractivity contribution in [2.45, 2.75) is 8.56 Å². The summed E-state index contributed by atoms with van der Waals surface area (Å²) >= 11 is 18.6. The molecule has 0 N–H and O–H groups in total. The van der Waals surface area contributed by atoms with Crippen LogP contribution in [0.5, 0.6) is 0 Å². The number of sulfonamides is 1. The first-order valence-electron chi connectivity index (χ1n) is 6.15. The molecule has 0 aliphatic rings. The zero-order chi connectivity index (χ0) is 16.2. The normalized spacial score (nSPS) is 12.1. The van der Waals surface area contributed by atoms with Crippen LogP contribution in [0.25, 0.3) is 0 Å². The summed E-state index contributed by atoms with van der Waals surface area (Å²) in [6.07, 6.45) is 0. The smallest absolute Gasteiger partial charge is 0.205 e. The largest absolute Gasteiger partial charge is 0.273 e. The van der Waals surface area contributed by atoms with E-state index in [1.54, 1.807) is 48.5 Å². The van der Waals surface area contributed by atoms with Gasteiger partial charge in [-0.25, -0.2) is 12.1 Å². The van der Waals surface area contributed by atoms with Gasteiger partial charge in [0.15, 0.2) is 3.67 Å².